The molecule has 1 saturated carbocycles. The van der Waals surface area contributed by atoms with Gasteiger partial charge in [-0.25, -0.2) is 0 Å². The number of ether oxygens (including phenoxy) is 1. The third-order valence-electron chi connectivity index (χ3n) is 3.40. The number of carboxylic acid groups (broad SMARTS) is 1. The predicted molar refractivity (Wildman–Crippen MR) is 67.4 cm³/mol. The molecule has 0 unspecified atom stereocenters. The molecule has 2 N–H and O–H groups in total. The van der Waals surface area contributed by atoms with Gasteiger partial charge in [0.05, 0.1) is 6.42 Å². The van der Waals surface area contributed by atoms with Gasteiger partial charge in [-0.1, -0.05) is 19.8 Å². The normalized spacial score (nSPS) is 24.3. The van der Waals surface area contributed by atoms with E-state index >= 15 is 0 Å². The van der Waals surface area contributed by atoms with Crippen LogP contribution in [0.2, 0.25) is 0 Å². The number of hydrogen-bond acceptors (Lipinski definition) is 4. The molecule has 0 saturated heterocycles. The van der Waals surface area contributed by atoms with Gasteiger partial charge in [0, 0.05) is 13.0 Å². The molecule has 0 spiro atoms. The molecule has 0 aromatic heterocycles. The number of aliphatic carboxylic acids is 1. The van der Waals surface area contributed by atoms with Crippen LogP contribution in [0.25, 0.3) is 0 Å². The Balaban J connectivity index is 2.59. The Bertz CT molecular complexity index is 339. The van der Waals surface area contributed by atoms with Gasteiger partial charge in [-0.15, -0.1) is 0 Å². The highest BCUT2D eigenvalue weighted by atomic mass is 16.5. The molecule has 0 bridgehead atoms. The van der Waals surface area contributed by atoms with Crippen molar-refractivity contribution in [2.45, 2.75) is 58.1 Å². The number of amides is 1. The standard InChI is InChI=1S/C13H21NO5/c1-8-5-3-4-6-10(8)14-13(18)11(7-12(16)17)19-9(2)15/h8,10-11H,3-7H2,1-2H3,(H,14,18)(H,16,17)/t8-,10-,11-/m1/s1. The van der Waals surface area contributed by atoms with Crippen molar-refractivity contribution in [2.24, 2.45) is 5.92 Å². The summed E-state index contributed by atoms with van der Waals surface area (Å²) in [6.07, 6.45) is 2.37. The van der Waals surface area contributed by atoms with Crippen molar-refractivity contribution in [2.75, 3.05) is 0 Å². The van der Waals surface area contributed by atoms with Crippen molar-refractivity contribution in [3.63, 3.8) is 0 Å². The Hall–Kier alpha value is -1.59. The van der Waals surface area contributed by atoms with Crippen LogP contribution in [-0.2, 0) is 19.1 Å². The topological polar surface area (TPSA) is 92.7 Å². The largest absolute Gasteiger partial charge is 0.481 e. The summed E-state index contributed by atoms with van der Waals surface area (Å²) in [4.78, 5) is 33.6. The SMILES string of the molecule is CC(=O)O[C@H](CC(=O)O)C(=O)N[C@@H]1CCCC[C@H]1C. The molecule has 0 heterocycles. The minimum absolute atomic E-state index is 0.0353. The van der Waals surface area contributed by atoms with Gasteiger partial charge in [-0.05, 0) is 18.8 Å². The van der Waals surface area contributed by atoms with Gasteiger partial charge in [0.25, 0.3) is 5.91 Å². The smallest absolute Gasteiger partial charge is 0.307 e. The van der Waals surface area contributed by atoms with E-state index in [1.807, 2.05) is 0 Å². The lowest BCUT2D eigenvalue weighted by Crippen LogP contribution is -2.47. The van der Waals surface area contributed by atoms with Crippen molar-refractivity contribution >= 4 is 17.8 Å². The van der Waals surface area contributed by atoms with Gasteiger partial charge < -0.3 is 15.2 Å². The molecule has 0 radical (unpaired) electrons. The summed E-state index contributed by atoms with van der Waals surface area (Å²) in [7, 11) is 0. The molecule has 1 aliphatic carbocycles. The van der Waals surface area contributed by atoms with Gasteiger partial charge in [0.2, 0.25) is 0 Å². The zero-order valence-corrected chi connectivity index (χ0v) is 11.3. The zero-order chi connectivity index (χ0) is 14.4. The molecule has 1 rings (SSSR count). The van der Waals surface area contributed by atoms with E-state index in [-0.39, 0.29) is 6.04 Å². The summed E-state index contributed by atoms with van der Waals surface area (Å²) in [6, 6.07) is 0.0353. The van der Waals surface area contributed by atoms with Crippen LogP contribution in [0.1, 0.15) is 46.0 Å². The van der Waals surface area contributed by atoms with Gasteiger partial charge in [-0.3, -0.25) is 14.4 Å². The molecule has 1 aliphatic rings. The third kappa shape index (κ3) is 5.28. The number of hydrogen-bond donors (Lipinski definition) is 2. The molecular weight excluding hydrogens is 250 g/mol. The maximum Gasteiger partial charge on any atom is 0.307 e. The molecule has 19 heavy (non-hydrogen) atoms. The van der Waals surface area contributed by atoms with Gasteiger partial charge >= 0.3 is 11.9 Å². The second-order valence-electron chi connectivity index (χ2n) is 5.07. The number of carbonyl (C=O) groups is 3. The molecule has 0 aromatic rings. The molecule has 0 aromatic carbocycles. The Morgan fingerprint density at radius 1 is 1.32 bits per heavy atom. The van der Waals surface area contributed by atoms with E-state index in [9.17, 15) is 14.4 Å². The summed E-state index contributed by atoms with van der Waals surface area (Å²) in [6.45, 7) is 3.22. The first-order chi connectivity index (χ1) is 8.90. The van der Waals surface area contributed by atoms with Crippen LogP contribution >= 0.6 is 0 Å². The number of rotatable bonds is 5. The van der Waals surface area contributed by atoms with E-state index in [4.69, 9.17) is 9.84 Å². The molecule has 6 heteroatoms. The van der Waals surface area contributed by atoms with E-state index in [0.717, 1.165) is 32.6 Å². The minimum atomic E-state index is -1.25. The van der Waals surface area contributed by atoms with E-state index in [2.05, 4.69) is 12.2 Å². The fraction of sp³-hybridized carbons (Fsp3) is 0.769. The van der Waals surface area contributed by atoms with Crippen LogP contribution in [0.15, 0.2) is 0 Å². The highest BCUT2D eigenvalue weighted by Crippen LogP contribution is 2.23. The highest BCUT2D eigenvalue weighted by Gasteiger charge is 2.29. The third-order valence-corrected chi connectivity index (χ3v) is 3.40. The summed E-state index contributed by atoms with van der Waals surface area (Å²) in [5.41, 5.74) is 0. The van der Waals surface area contributed by atoms with E-state index in [1.54, 1.807) is 0 Å². The van der Waals surface area contributed by atoms with E-state index in [0.29, 0.717) is 5.92 Å². The molecule has 0 aliphatic heterocycles. The molecule has 108 valence electrons. The minimum Gasteiger partial charge on any atom is -0.481 e. The second-order valence-corrected chi connectivity index (χ2v) is 5.07. The van der Waals surface area contributed by atoms with Crippen LogP contribution in [0, 0.1) is 5.92 Å². The average Bonchev–Trinajstić information content (AvgIpc) is 2.30. The van der Waals surface area contributed by atoms with Crippen LogP contribution in [-0.4, -0.2) is 35.1 Å². The maximum atomic E-state index is 12.0. The summed E-state index contributed by atoms with van der Waals surface area (Å²) in [5.74, 6) is -1.98. The first-order valence-corrected chi connectivity index (χ1v) is 6.59. The van der Waals surface area contributed by atoms with Crippen LogP contribution in [0.3, 0.4) is 0 Å². The lowest BCUT2D eigenvalue weighted by Gasteiger charge is -2.30. The van der Waals surface area contributed by atoms with Crippen LogP contribution in [0.5, 0.6) is 0 Å². The van der Waals surface area contributed by atoms with Crippen LogP contribution < -0.4 is 5.32 Å². The van der Waals surface area contributed by atoms with Crippen molar-refractivity contribution in [3.05, 3.63) is 0 Å². The molecule has 3 atom stereocenters. The Morgan fingerprint density at radius 2 is 1.95 bits per heavy atom. The van der Waals surface area contributed by atoms with E-state index < -0.39 is 30.4 Å². The molecule has 6 nitrogen and oxygen atoms in total. The number of esters is 1. The number of carbonyl (C=O) groups excluding carboxylic acids is 2. The lowest BCUT2D eigenvalue weighted by atomic mass is 9.86. The molecule has 1 amide bonds. The van der Waals surface area contributed by atoms with Gasteiger partial charge in [0.15, 0.2) is 6.10 Å². The second kappa shape index (κ2) is 7.11. The predicted octanol–water partition coefficient (Wildman–Crippen LogP) is 1.09. The highest BCUT2D eigenvalue weighted by molar-refractivity contribution is 5.87. The Labute approximate surface area is 112 Å². The van der Waals surface area contributed by atoms with Crippen molar-refractivity contribution in [3.8, 4) is 0 Å². The monoisotopic (exact) mass is 271 g/mol. The van der Waals surface area contributed by atoms with Crippen molar-refractivity contribution in [1.82, 2.24) is 5.32 Å². The summed E-state index contributed by atoms with van der Waals surface area (Å²) >= 11 is 0. The summed E-state index contributed by atoms with van der Waals surface area (Å²) < 4.78 is 4.77. The molecular formula is C13H21NO5. The maximum absolute atomic E-state index is 12.0. The Kier molecular flexibility index (Phi) is 5.79. The fourth-order valence-corrected chi connectivity index (χ4v) is 2.35. The van der Waals surface area contributed by atoms with Crippen molar-refractivity contribution < 1.29 is 24.2 Å². The molecule has 1 fully saturated rings. The van der Waals surface area contributed by atoms with Gasteiger partial charge in [0.1, 0.15) is 0 Å². The number of carboxylic acids is 1. The zero-order valence-electron chi connectivity index (χ0n) is 11.3. The number of nitrogens with one attached hydrogen (secondary N) is 1. The quantitative estimate of drug-likeness (QED) is 0.730. The first kappa shape index (κ1) is 15.5. The average molecular weight is 271 g/mol. The summed E-state index contributed by atoms with van der Waals surface area (Å²) in [5, 5.41) is 11.5. The Morgan fingerprint density at radius 3 is 2.47 bits per heavy atom. The van der Waals surface area contributed by atoms with E-state index in [1.165, 1.54) is 0 Å². The van der Waals surface area contributed by atoms with Gasteiger partial charge in [-0.2, -0.15) is 0 Å². The first-order valence-electron chi connectivity index (χ1n) is 6.59. The fourth-order valence-electron chi connectivity index (χ4n) is 2.35. The lowest BCUT2D eigenvalue weighted by molar-refractivity contribution is -0.158. The van der Waals surface area contributed by atoms with Crippen molar-refractivity contribution in [1.29, 1.82) is 0 Å². The van der Waals surface area contributed by atoms with Crippen LogP contribution in [0.4, 0.5) is 0 Å².